The zero-order valence-corrected chi connectivity index (χ0v) is 12.0. The highest BCUT2D eigenvalue weighted by Gasteiger charge is 2.32. The summed E-state index contributed by atoms with van der Waals surface area (Å²) < 4.78 is 0. The topological polar surface area (TPSA) is 62.2 Å². The molecule has 5 heteroatoms. The molecule has 0 fully saturated rings. The molecule has 3 rings (SSSR count). The minimum atomic E-state index is -0.765. The molecule has 0 saturated carbocycles. The number of hydrogen-bond acceptors (Lipinski definition) is 4. The van der Waals surface area contributed by atoms with Crippen molar-refractivity contribution in [2.24, 2.45) is 0 Å². The van der Waals surface area contributed by atoms with Crippen molar-refractivity contribution in [3.8, 4) is 0 Å². The van der Waals surface area contributed by atoms with Crippen molar-refractivity contribution in [2.75, 3.05) is 5.32 Å². The van der Waals surface area contributed by atoms with Gasteiger partial charge in [0.1, 0.15) is 5.92 Å². The summed E-state index contributed by atoms with van der Waals surface area (Å²) in [5, 5.41) is 13.3. The number of nitrogens with zero attached hydrogens (tertiary/aromatic N) is 1. The minimum absolute atomic E-state index is 0.421. The molecule has 1 aliphatic carbocycles. The maximum Gasteiger partial charge on any atom is 0.312 e. The van der Waals surface area contributed by atoms with E-state index in [1.165, 1.54) is 11.1 Å². The SMILES string of the molecule is Cc1cccc(CNc2nc3c(s2)CCC3C(=O)O)c1. The van der Waals surface area contributed by atoms with E-state index in [0.29, 0.717) is 13.0 Å². The number of fused-ring (bicyclic) bond motifs is 1. The van der Waals surface area contributed by atoms with Crippen LogP contribution in [0.4, 0.5) is 5.13 Å². The molecule has 2 N–H and O–H groups in total. The lowest BCUT2D eigenvalue weighted by atomic mass is 10.1. The van der Waals surface area contributed by atoms with Gasteiger partial charge in [-0.2, -0.15) is 0 Å². The number of benzene rings is 1. The number of nitrogens with one attached hydrogen (secondary N) is 1. The first-order valence-corrected chi connectivity index (χ1v) is 7.47. The van der Waals surface area contributed by atoms with Gasteiger partial charge >= 0.3 is 5.97 Å². The van der Waals surface area contributed by atoms with Crippen molar-refractivity contribution in [3.05, 3.63) is 46.0 Å². The Morgan fingerprint density at radius 3 is 3.15 bits per heavy atom. The predicted octanol–water partition coefficient (Wildman–Crippen LogP) is 3.18. The third-order valence-electron chi connectivity index (χ3n) is 3.54. The molecular formula is C15H16N2O2S. The molecule has 0 amide bonds. The lowest BCUT2D eigenvalue weighted by molar-refractivity contribution is -0.138. The molecule has 2 aromatic rings. The summed E-state index contributed by atoms with van der Waals surface area (Å²) in [6.45, 7) is 2.78. The van der Waals surface area contributed by atoms with Crippen LogP contribution in [0.3, 0.4) is 0 Å². The van der Waals surface area contributed by atoms with Crippen LogP contribution in [0.15, 0.2) is 24.3 Å². The zero-order valence-electron chi connectivity index (χ0n) is 11.2. The van der Waals surface area contributed by atoms with Gasteiger partial charge in [0.25, 0.3) is 0 Å². The van der Waals surface area contributed by atoms with Crippen LogP contribution >= 0.6 is 11.3 Å². The van der Waals surface area contributed by atoms with Gasteiger partial charge < -0.3 is 10.4 Å². The van der Waals surface area contributed by atoms with Crippen molar-refractivity contribution in [1.29, 1.82) is 0 Å². The van der Waals surface area contributed by atoms with Gasteiger partial charge in [-0.15, -0.1) is 11.3 Å². The van der Waals surface area contributed by atoms with Crippen LogP contribution in [-0.4, -0.2) is 16.1 Å². The Balaban J connectivity index is 1.71. The van der Waals surface area contributed by atoms with Gasteiger partial charge in [-0.25, -0.2) is 4.98 Å². The van der Waals surface area contributed by atoms with E-state index in [9.17, 15) is 4.79 Å². The monoisotopic (exact) mass is 288 g/mol. The first-order valence-electron chi connectivity index (χ1n) is 6.65. The number of carbonyl (C=O) groups is 1. The maximum atomic E-state index is 11.1. The van der Waals surface area contributed by atoms with E-state index in [4.69, 9.17) is 5.11 Å². The Bertz CT molecular complexity index is 651. The van der Waals surface area contributed by atoms with E-state index in [0.717, 1.165) is 22.1 Å². The Morgan fingerprint density at radius 1 is 1.55 bits per heavy atom. The fourth-order valence-corrected chi connectivity index (χ4v) is 3.58. The van der Waals surface area contributed by atoms with Gasteiger partial charge in [0.2, 0.25) is 0 Å². The van der Waals surface area contributed by atoms with Crippen LogP contribution in [0.5, 0.6) is 0 Å². The van der Waals surface area contributed by atoms with E-state index in [2.05, 4.69) is 35.4 Å². The number of carboxylic acid groups (broad SMARTS) is 1. The molecule has 104 valence electrons. The standard InChI is InChI=1S/C15H16N2O2S/c1-9-3-2-4-10(7-9)8-16-15-17-13-11(14(18)19)5-6-12(13)20-15/h2-4,7,11H,5-6,8H2,1H3,(H,16,17)(H,18,19). The highest BCUT2D eigenvalue weighted by Crippen LogP contribution is 2.38. The number of aliphatic carboxylic acids is 1. The van der Waals surface area contributed by atoms with Crippen LogP contribution in [-0.2, 0) is 17.8 Å². The number of aromatic nitrogens is 1. The number of rotatable bonds is 4. The second-order valence-electron chi connectivity index (χ2n) is 5.10. The largest absolute Gasteiger partial charge is 0.481 e. The number of hydrogen-bond donors (Lipinski definition) is 2. The normalized spacial score (nSPS) is 16.9. The smallest absolute Gasteiger partial charge is 0.312 e. The molecule has 0 saturated heterocycles. The van der Waals surface area contributed by atoms with E-state index in [1.807, 2.05) is 6.07 Å². The van der Waals surface area contributed by atoms with Gasteiger partial charge in [-0.3, -0.25) is 4.79 Å². The summed E-state index contributed by atoms with van der Waals surface area (Å²) in [6, 6.07) is 8.31. The van der Waals surface area contributed by atoms with Crippen LogP contribution in [0.2, 0.25) is 0 Å². The maximum absolute atomic E-state index is 11.1. The zero-order chi connectivity index (χ0) is 14.1. The molecule has 1 unspecified atom stereocenters. The van der Waals surface area contributed by atoms with Gasteiger partial charge in [0, 0.05) is 11.4 Å². The average molecular weight is 288 g/mol. The molecule has 1 heterocycles. The number of aryl methyl sites for hydroxylation is 2. The third kappa shape index (κ3) is 2.54. The molecule has 0 radical (unpaired) electrons. The summed E-state index contributed by atoms with van der Waals surface area (Å²) in [5.41, 5.74) is 3.20. The summed E-state index contributed by atoms with van der Waals surface area (Å²) in [4.78, 5) is 16.7. The minimum Gasteiger partial charge on any atom is -0.481 e. The number of anilines is 1. The Morgan fingerprint density at radius 2 is 2.40 bits per heavy atom. The second kappa shape index (κ2) is 5.25. The molecule has 1 aliphatic rings. The molecular weight excluding hydrogens is 272 g/mol. The molecule has 20 heavy (non-hydrogen) atoms. The van der Waals surface area contributed by atoms with Crippen LogP contribution < -0.4 is 5.32 Å². The van der Waals surface area contributed by atoms with Crippen LogP contribution in [0.25, 0.3) is 0 Å². The molecule has 1 atom stereocenters. The average Bonchev–Trinajstić information content (AvgIpc) is 2.95. The lowest BCUT2D eigenvalue weighted by Gasteiger charge is -2.05. The highest BCUT2D eigenvalue weighted by atomic mass is 32.1. The van der Waals surface area contributed by atoms with Gasteiger partial charge in [0.05, 0.1) is 5.69 Å². The summed E-state index contributed by atoms with van der Waals surface area (Å²) in [7, 11) is 0. The van der Waals surface area contributed by atoms with Gasteiger partial charge in [-0.1, -0.05) is 29.8 Å². The van der Waals surface area contributed by atoms with Crippen molar-refractivity contribution >= 4 is 22.4 Å². The Labute approximate surface area is 121 Å². The quantitative estimate of drug-likeness (QED) is 0.907. The number of carboxylic acids is 1. The van der Waals surface area contributed by atoms with Crippen LogP contribution in [0, 0.1) is 6.92 Å². The van der Waals surface area contributed by atoms with Gasteiger partial charge in [-0.05, 0) is 25.3 Å². The van der Waals surface area contributed by atoms with E-state index in [1.54, 1.807) is 11.3 Å². The van der Waals surface area contributed by atoms with E-state index in [-0.39, 0.29) is 0 Å². The first-order chi connectivity index (χ1) is 9.63. The van der Waals surface area contributed by atoms with Crippen molar-refractivity contribution in [2.45, 2.75) is 32.2 Å². The fourth-order valence-electron chi connectivity index (χ4n) is 2.54. The first kappa shape index (κ1) is 13.1. The second-order valence-corrected chi connectivity index (χ2v) is 6.18. The third-order valence-corrected chi connectivity index (χ3v) is 4.63. The Hall–Kier alpha value is -1.88. The van der Waals surface area contributed by atoms with Crippen LogP contribution in [0.1, 0.15) is 34.0 Å². The molecule has 1 aromatic heterocycles. The van der Waals surface area contributed by atoms with Crippen molar-refractivity contribution in [1.82, 2.24) is 4.98 Å². The summed E-state index contributed by atoms with van der Waals surface area (Å²) >= 11 is 1.58. The highest BCUT2D eigenvalue weighted by molar-refractivity contribution is 7.15. The molecule has 0 spiro atoms. The van der Waals surface area contributed by atoms with Crippen molar-refractivity contribution < 1.29 is 9.90 Å². The molecule has 4 nitrogen and oxygen atoms in total. The number of thiazole rings is 1. The van der Waals surface area contributed by atoms with Crippen molar-refractivity contribution in [3.63, 3.8) is 0 Å². The summed E-state index contributed by atoms with van der Waals surface area (Å²) in [5.74, 6) is -1.19. The molecule has 1 aromatic carbocycles. The fraction of sp³-hybridized carbons (Fsp3) is 0.333. The molecule has 0 bridgehead atoms. The van der Waals surface area contributed by atoms with E-state index < -0.39 is 11.9 Å². The Kier molecular flexibility index (Phi) is 3.44. The van der Waals surface area contributed by atoms with E-state index >= 15 is 0 Å². The molecule has 0 aliphatic heterocycles. The summed E-state index contributed by atoms with van der Waals surface area (Å²) in [6.07, 6.45) is 1.51. The predicted molar refractivity (Wildman–Crippen MR) is 79.3 cm³/mol. The lowest BCUT2D eigenvalue weighted by Crippen LogP contribution is -2.09. The van der Waals surface area contributed by atoms with Gasteiger partial charge in [0.15, 0.2) is 5.13 Å².